The van der Waals surface area contributed by atoms with Crippen molar-refractivity contribution in [1.29, 1.82) is 5.26 Å². The highest BCUT2D eigenvalue weighted by atomic mass is 16.5. The fourth-order valence-electron chi connectivity index (χ4n) is 3.66. The van der Waals surface area contributed by atoms with Crippen LogP contribution in [0.25, 0.3) is 11.8 Å². The number of nitrogens with one attached hydrogen (secondary N) is 1. The van der Waals surface area contributed by atoms with Gasteiger partial charge in [-0.1, -0.05) is 17.7 Å². The third kappa shape index (κ3) is 4.87. The average molecular weight is 414 g/mol. The van der Waals surface area contributed by atoms with Crippen molar-refractivity contribution < 1.29 is 9.53 Å². The van der Waals surface area contributed by atoms with Crippen molar-refractivity contribution in [2.45, 2.75) is 34.6 Å². The van der Waals surface area contributed by atoms with Crippen molar-refractivity contribution in [3.05, 3.63) is 82.2 Å². The molecule has 158 valence electrons. The van der Waals surface area contributed by atoms with E-state index in [0.717, 1.165) is 28.4 Å². The Morgan fingerprint density at radius 1 is 1.10 bits per heavy atom. The van der Waals surface area contributed by atoms with Crippen LogP contribution in [0.2, 0.25) is 0 Å². The van der Waals surface area contributed by atoms with E-state index in [0.29, 0.717) is 12.3 Å². The molecule has 0 aliphatic rings. The number of hydrogen-bond acceptors (Lipinski definition) is 3. The van der Waals surface area contributed by atoms with Gasteiger partial charge in [0.05, 0.1) is 6.61 Å². The Morgan fingerprint density at radius 3 is 2.42 bits per heavy atom. The number of amides is 1. The first-order valence-electron chi connectivity index (χ1n) is 10.3. The van der Waals surface area contributed by atoms with E-state index >= 15 is 0 Å². The highest BCUT2D eigenvalue weighted by Crippen LogP contribution is 2.26. The number of ether oxygens (including phenoxy) is 1. The first-order chi connectivity index (χ1) is 14.8. The number of benzene rings is 2. The number of carbonyl (C=O) groups is 1. The lowest BCUT2D eigenvalue weighted by molar-refractivity contribution is -0.112. The quantitative estimate of drug-likeness (QED) is 0.419. The third-order valence-electron chi connectivity index (χ3n) is 5.15. The molecule has 0 spiro atoms. The zero-order valence-corrected chi connectivity index (χ0v) is 18.6. The van der Waals surface area contributed by atoms with E-state index in [-0.39, 0.29) is 5.57 Å². The summed E-state index contributed by atoms with van der Waals surface area (Å²) in [5.74, 6) is 0.290. The normalized spacial score (nSPS) is 11.2. The molecule has 5 heteroatoms. The van der Waals surface area contributed by atoms with Crippen molar-refractivity contribution in [2.75, 3.05) is 11.9 Å². The monoisotopic (exact) mass is 413 g/mol. The lowest BCUT2D eigenvalue weighted by atomic mass is 10.1. The van der Waals surface area contributed by atoms with Crippen LogP contribution in [0.4, 0.5) is 5.69 Å². The van der Waals surface area contributed by atoms with E-state index in [4.69, 9.17) is 4.74 Å². The Morgan fingerprint density at radius 2 is 1.81 bits per heavy atom. The molecule has 1 aromatic heterocycles. The maximum absolute atomic E-state index is 12.7. The molecule has 2 aromatic carbocycles. The molecule has 5 nitrogen and oxygen atoms in total. The van der Waals surface area contributed by atoms with Crippen molar-refractivity contribution in [2.24, 2.45) is 0 Å². The predicted molar refractivity (Wildman–Crippen MR) is 125 cm³/mol. The number of nitriles is 1. The van der Waals surface area contributed by atoms with Crippen LogP contribution in [0.5, 0.6) is 5.75 Å². The lowest BCUT2D eigenvalue weighted by Gasteiger charge is -2.13. The van der Waals surface area contributed by atoms with Gasteiger partial charge in [0.1, 0.15) is 17.4 Å². The van der Waals surface area contributed by atoms with Gasteiger partial charge in [-0.25, -0.2) is 0 Å². The molecule has 3 rings (SSSR count). The lowest BCUT2D eigenvalue weighted by Crippen LogP contribution is -2.13. The highest BCUT2D eigenvalue weighted by molar-refractivity contribution is 6.09. The summed E-state index contributed by atoms with van der Waals surface area (Å²) >= 11 is 0. The zero-order chi connectivity index (χ0) is 22.5. The van der Waals surface area contributed by atoms with Gasteiger partial charge in [-0.3, -0.25) is 4.79 Å². The van der Waals surface area contributed by atoms with E-state index in [1.54, 1.807) is 30.3 Å². The zero-order valence-electron chi connectivity index (χ0n) is 18.6. The van der Waals surface area contributed by atoms with Gasteiger partial charge in [-0.05, 0) is 88.2 Å². The minimum Gasteiger partial charge on any atom is -0.494 e. The van der Waals surface area contributed by atoms with Gasteiger partial charge in [0, 0.05) is 22.8 Å². The van der Waals surface area contributed by atoms with Crippen LogP contribution in [-0.4, -0.2) is 17.1 Å². The van der Waals surface area contributed by atoms with E-state index in [1.807, 2.05) is 32.9 Å². The Kier molecular flexibility index (Phi) is 6.61. The largest absolute Gasteiger partial charge is 0.494 e. The molecule has 0 aliphatic carbocycles. The van der Waals surface area contributed by atoms with Crippen LogP contribution in [0.15, 0.2) is 54.1 Å². The molecule has 0 unspecified atom stereocenters. The Bertz CT molecular complexity index is 1180. The topological polar surface area (TPSA) is 67.0 Å². The predicted octanol–water partition coefficient (Wildman–Crippen LogP) is 5.66. The standard InChI is InChI=1S/C26H27N3O2/c1-6-31-24-10-8-23(9-11-24)28-26(30)22(16-27)15-21-14-19(4)29(20(21)5)25-12-7-17(2)13-18(25)3/h7-15H,6H2,1-5H3,(H,28,30). The smallest absolute Gasteiger partial charge is 0.266 e. The molecule has 0 fully saturated rings. The number of aromatic nitrogens is 1. The van der Waals surface area contributed by atoms with E-state index in [2.05, 4.69) is 41.9 Å². The van der Waals surface area contributed by atoms with Crippen LogP contribution in [0.1, 0.15) is 35.0 Å². The van der Waals surface area contributed by atoms with Gasteiger partial charge in [0.2, 0.25) is 0 Å². The molecule has 0 saturated carbocycles. The summed E-state index contributed by atoms with van der Waals surface area (Å²) in [6.45, 7) is 10.7. The second-order valence-corrected chi connectivity index (χ2v) is 7.53. The van der Waals surface area contributed by atoms with Crippen LogP contribution < -0.4 is 10.1 Å². The van der Waals surface area contributed by atoms with Gasteiger partial charge < -0.3 is 14.6 Å². The van der Waals surface area contributed by atoms with Gasteiger partial charge in [-0.15, -0.1) is 0 Å². The van der Waals surface area contributed by atoms with Crippen LogP contribution in [0, 0.1) is 39.0 Å². The number of anilines is 1. The molecular formula is C26H27N3O2. The molecule has 1 heterocycles. The summed E-state index contributed by atoms with van der Waals surface area (Å²) in [6, 6.07) is 17.4. The number of nitrogens with zero attached hydrogens (tertiary/aromatic N) is 2. The average Bonchev–Trinajstić information content (AvgIpc) is 3.01. The number of carbonyl (C=O) groups excluding carboxylic acids is 1. The van der Waals surface area contributed by atoms with Crippen LogP contribution >= 0.6 is 0 Å². The molecule has 3 aromatic rings. The summed E-state index contributed by atoms with van der Waals surface area (Å²) < 4.78 is 7.57. The fourth-order valence-corrected chi connectivity index (χ4v) is 3.66. The third-order valence-corrected chi connectivity index (χ3v) is 5.15. The molecule has 0 atom stereocenters. The van der Waals surface area contributed by atoms with E-state index in [9.17, 15) is 10.1 Å². The molecule has 0 bridgehead atoms. The van der Waals surface area contributed by atoms with Crippen molar-refractivity contribution in [3.8, 4) is 17.5 Å². The molecular weight excluding hydrogens is 386 g/mol. The molecule has 0 saturated heterocycles. The molecule has 0 radical (unpaired) electrons. The molecule has 1 amide bonds. The maximum Gasteiger partial charge on any atom is 0.266 e. The van der Waals surface area contributed by atoms with Gasteiger partial charge in [0.15, 0.2) is 0 Å². The summed E-state index contributed by atoms with van der Waals surface area (Å²) in [5, 5.41) is 12.4. The molecule has 1 N–H and O–H groups in total. The fraction of sp³-hybridized carbons (Fsp3) is 0.231. The SMILES string of the molecule is CCOc1ccc(NC(=O)C(C#N)=Cc2cc(C)n(-c3ccc(C)cc3C)c2C)cc1. The van der Waals surface area contributed by atoms with Crippen molar-refractivity contribution in [3.63, 3.8) is 0 Å². The van der Waals surface area contributed by atoms with E-state index < -0.39 is 5.91 Å². The summed E-state index contributed by atoms with van der Waals surface area (Å²) in [6.07, 6.45) is 1.65. The Labute approximate surface area is 183 Å². The van der Waals surface area contributed by atoms with Crippen molar-refractivity contribution in [1.82, 2.24) is 4.57 Å². The minimum absolute atomic E-state index is 0.0507. The Balaban J connectivity index is 1.88. The summed E-state index contributed by atoms with van der Waals surface area (Å²) in [4.78, 5) is 12.7. The second kappa shape index (κ2) is 9.36. The summed E-state index contributed by atoms with van der Waals surface area (Å²) in [7, 11) is 0. The van der Waals surface area contributed by atoms with Crippen molar-refractivity contribution >= 4 is 17.7 Å². The first-order valence-corrected chi connectivity index (χ1v) is 10.3. The number of aryl methyl sites for hydroxylation is 3. The number of hydrogen-bond donors (Lipinski definition) is 1. The van der Waals surface area contributed by atoms with Crippen LogP contribution in [0.3, 0.4) is 0 Å². The first kappa shape index (κ1) is 21.9. The van der Waals surface area contributed by atoms with Gasteiger partial charge >= 0.3 is 0 Å². The Hall–Kier alpha value is -3.78. The number of rotatable bonds is 6. The minimum atomic E-state index is -0.442. The highest BCUT2D eigenvalue weighted by Gasteiger charge is 2.15. The van der Waals surface area contributed by atoms with Crippen LogP contribution in [-0.2, 0) is 4.79 Å². The summed E-state index contributed by atoms with van der Waals surface area (Å²) in [5.41, 5.74) is 7.00. The van der Waals surface area contributed by atoms with Gasteiger partial charge in [0.25, 0.3) is 5.91 Å². The maximum atomic E-state index is 12.7. The van der Waals surface area contributed by atoms with Gasteiger partial charge in [-0.2, -0.15) is 5.26 Å². The molecule has 31 heavy (non-hydrogen) atoms. The second-order valence-electron chi connectivity index (χ2n) is 7.53. The van der Waals surface area contributed by atoms with E-state index in [1.165, 1.54) is 11.1 Å². The molecule has 0 aliphatic heterocycles.